The third-order valence-corrected chi connectivity index (χ3v) is 5.18. The molecular formula is C17H25N3O6S. The number of carbonyl (C=O) groups excluding carboxylic acids is 3. The molecule has 2 amide bonds. The van der Waals surface area contributed by atoms with E-state index in [0.717, 1.165) is 0 Å². The predicted molar refractivity (Wildman–Crippen MR) is 99.4 cm³/mol. The first-order chi connectivity index (χ1) is 12.6. The smallest absolute Gasteiger partial charge is 0.324 e. The van der Waals surface area contributed by atoms with Gasteiger partial charge in [-0.2, -0.15) is 4.72 Å². The van der Waals surface area contributed by atoms with Gasteiger partial charge in [-0.05, 0) is 45.0 Å². The normalized spacial score (nSPS) is 12.1. The topological polar surface area (TPSA) is 122 Å². The van der Waals surface area contributed by atoms with E-state index in [1.54, 1.807) is 13.8 Å². The highest BCUT2D eigenvalue weighted by Crippen LogP contribution is 2.14. The van der Waals surface area contributed by atoms with E-state index in [0.29, 0.717) is 18.8 Å². The predicted octanol–water partition coefficient (Wildman–Crippen LogP) is 0.723. The molecule has 1 aromatic carbocycles. The summed E-state index contributed by atoms with van der Waals surface area (Å²) >= 11 is 0. The van der Waals surface area contributed by atoms with E-state index in [1.165, 1.54) is 43.0 Å². The molecular weight excluding hydrogens is 374 g/mol. The number of hydrogen-bond donors (Lipinski definition) is 2. The molecule has 2 N–H and O–H groups in total. The van der Waals surface area contributed by atoms with Gasteiger partial charge in [-0.15, -0.1) is 0 Å². The van der Waals surface area contributed by atoms with Crippen LogP contribution in [-0.4, -0.2) is 56.8 Å². The summed E-state index contributed by atoms with van der Waals surface area (Å²) in [6.07, 6.45) is 0. The van der Waals surface area contributed by atoms with Gasteiger partial charge in [0.25, 0.3) is 5.91 Å². The fourth-order valence-electron chi connectivity index (χ4n) is 2.20. The van der Waals surface area contributed by atoms with Crippen molar-refractivity contribution in [3.63, 3.8) is 0 Å². The first kappa shape index (κ1) is 22.6. The molecule has 0 radical (unpaired) electrons. The molecule has 0 aliphatic rings. The number of amides is 2. The zero-order valence-corrected chi connectivity index (χ0v) is 16.6. The third-order valence-electron chi connectivity index (χ3n) is 3.62. The highest BCUT2D eigenvalue weighted by Gasteiger charge is 2.24. The van der Waals surface area contributed by atoms with Crippen LogP contribution in [-0.2, 0) is 29.1 Å². The Hall–Kier alpha value is -2.46. The van der Waals surface area contributed by atoms with E-state index in [1.807, 2.05) is 0 Å². The minimum atomic E-state index is -3.97. The van der Waals surface area contributed by atoms with E-state index in [4.69, 9.17) is 4.74 Å². The molecule has 1 aromatic rings. The van der Waals surface area contributed by atoms with Crippen molar-refractivity contribution < 1.29 is 27.5 Å². The molecule has 150 valence electrons. The van der Waals surface area contributed by atoms with Gasteiger partial charge in [-0.25, -0.2) is 8.42 Å². The Bertz CT molecular complexity index is 772. The van der Waals surface area contributed by atoms with E-state index >= 15 is 0 Å². The molecule has 27 heavy (non-hydrogen) atoms. The van der Waals surface area contributed by atoms with Gasteiger partial charge in [-0.3, -0.25) is 14.4 Å². The van der Waals surface area contributed by atoms with Gasteiger partial charge in [0.2, 0.25) is 15.9 Å². The van der Waals surface area contributed by atoms with Gasteiger partial charge < -0.3 is 15.0 Å². The first-order valence-corrected chi connectivity index (χ1v) is 9.93. The van der Waals surface area contributed by atoms with Gasteiger partial charge in [0.1, 0.15) is 6.04 Å². The molecule has 1 atom stereocenters. The van der Waals surface area contributed by atoms with Crippen LogP contribution in [0.15, 0.2) is 29.2 Å². The van der Waals surface area contributed by atoms with Gasteiger partial charge in [0, 0.05) is 25.7 Å². The van der Waals surface area contributed by atoms with Crippen molar-refractivity contribution in [2.75, 3.05) is 25.0 Å². The lowest BCUT2D eigenvalue weighted by Crippen LogP contribution is -2.41. The maximum Gasteiger partial charge on any atom is 0.324 e. The number of ether oxygens (including phenoxy) is 1. The Morgan fingerprint density at radius 1 is 1.11 bits per heavy atom. The number of hydrogen-bond acceptors (Lipinski definition) is 6. The Balaban J connectivity index is 2.68. The van der Waals surface area contributed by atoms with Crippen LogP contribution >= 0.6 is 0 Å². The largest absolute Gasteiger partial charge is 0.454 e. The fraction of sp³-hybridized carbons (Fsp3) is 0.471. The van der Waals surface area contributed by atoms with Crippen LogP contribution < -0.4 is 10.0 Å². The molecule has 10 heteroatoms. The number of sulfonamides is 1. The number of rotatable bonds is 9. The number of esters is 1. The Labute approximate surface area is 159 Å². The summed E-state index contributed by atoms with van der Waals surface area (Å²) in [6, 6.07) is 4.30. The number of carbonyl (C=O) groups is 3. The van der Waals surface area contributed by atoms with Crippen molar-refractivity contribution in [2.45, 2.75) is 38.6 Å². The quantitative estimate of drug-likeness (QED) is 0.590. The van der Waals surface area contributed by atoms with Gasteiger partial charge >= 0.3 is 5.97 Å². The van der Waals surface area contributed by atoms with E-state index in [-0.39, 0.29) is 16.7 Å². The zero-order chi connectivity index (χ0) is 20.6. The Kier molecular flexibility index (Phi) is 8.38. The van der Waals surface area contributed by atoms with Crippen LogP contribution in [0.1, 0.15) is 27.7 Å². The Morgan fingerprint density at radius 3 is 2.15 bits per heavy atom. The van der Waals surface area contributed by atoms with E-state index in [9.17, 15) is 22.8 Å². The highest BCUT2D eigenvalue weighted by atomic mass is 32.2. The molecule has 0 heterocycles. The summed E-state index contributed by atoms with van der Waals surface area (Å²) in [6.45, 7) is 6.80. The van der Waals surface area contributed by atoms with E-state index in [2.05, 4.69) is 10.0 Å². The molecule has 0 aliphatic heterocycles. The molecule has 0 bridgehead atoms. The van der Waals surface area contributed by atoms with Crippen molar-refractivity contribution in [1.29, 1.82) is 0 Å². The standard InChI is InChI=1S/C17H25N3O6S/c1-5-20(6-2)16(22)11-26-17(23)12(3)19-27(24,25)15-9-7-14(8-10-15)18-13(4)21/h7-10,12,19H,5-6,11H2,1-4H3,(H,18,21)/t12-/m0/s1. The van der Waals surface area contributed by atoms with Crippen LogP contribution in [0.5, 0.6) is 0 Å². The Morgan fingerprint density at radius 2 is 1.67 bits per heavy atom. The molecule has 0 aliphatic carbocycles. The lowest BCUT2D eigenvalue weighted by atomic mass is 10.3. The lowest BCUT2D eigenvalue weighted by molar-refractivity contribution is -0.152. The van der Waals surface area contributed by atoms with Gasteiger partial charge in [0.15, 0.2) is 6.61 Å². The number of nitrogens with one attached hydrogen (secondary N) is 2. The molecule has 1 rings (SSSR count). The van der Waals surface area contributed by atoms with Crippen molar-refractivity contribution in [3.8, 4) is 0 Å². The summed E-state index contributed by atoms with van der Waals surface area (Å²) in [5.41, 5.74) is 0.448. The SMILES string of the molecule is CCN(CC)C(=O)COC(=O)[C@H](C)NS(=O)(=O)c1ccc(NC(C)=O)cc1. The second-order valence-corrected chi connectivity index (χ2v) is 7.44. The second kappa shape index (κ2) is 10.0. The first-order valence-electron chi connectivity index (χ1n) is 8.45. The summed E-state index contributed by atoms with van der Waals surface area (Å²) in [5.74, 6) is -1.48. The number of likely N-dealkylation sites (N-methyl/N-ethyl adjacent to an activating group) is 1. The van der Waals surface area contributed by atoms with Crippen LogP contribution in [0.3, 0.4) is 0 Å². The molecule has 9 nitrogen and oxygen atoms in total. The van der Waals surface area contributed by atoms with Crippen LogP contribution in [0.4, 0.5) is 5.69 Å². The van der Waals surface area contributed by atoms with Gasteiger partial charge in [0.05, 0.1) is 4.90 Å². The summed E-state index contributed by atoms with van der Waals surface area (Å²) in [7, 11) is -3.97. The molecule has 0 spiro atoms. The van der Waals surface area contributed by atoms with Crippen molar-refractivity contribution in [2.24, 2.45) is 0 Å². The molecule has 0 fully saturated rings. The number of benzene rings is 1. The minimum absolute atomic E-state index is 0.0736. The monoisotopic (exact) mass is 399 g/mol. The fourth-order valence-corrected chi connectivity index (χ4v) is 3.39. The molecule has 0 aromatic heterocycles. The lowest BCUT2D eigenvalue weighted by Gasteiger charge is -2.19. The summed E-state index contributed by atoms with van der Waals surface area (Å²) in [4.78, 5) is 36.2. The van der Waals surface area contributed by atoms with Crippen LogP contribution in [0, 0.1) is 0 Å². The number of anilines is 1. The molecule has 0 unspecified atom stereocenters. The van der Waals surface area contributed by atoms with Crippen LogP contribution in [0.25, 0.3) is 0 Å². The minimum Gasteiger partial charge on any atom is -0.454 e. The van der Waals surface area contributed by atoms with Crippen molar-refractivity contribution >= 4 is 33.5 Å². The number of nitrogens with zero attached hydrogens (tertiary/aromatic N) is 1. The third kappa shape index (κ3) is 6.99. The second-order valence-electron chi connectivity index (χ2n) is 5.72. The van der Waals surface area contributed by atoms with E-state index < -0.39 is 28.6 Å². The maximum absolute atomic E-state index is 12.3. The summed E-state index contributed by atoms with van der Waals surface area (Å²) in [5, 5.41) is 2.52. The summed E-state index contributed by atoms with van der Waals surface area (Å²) < 4.78 is 31.8. The highest BCUT2D eigenvalue weighted by molar-refractivity contribution is 7.89. The van der Waals surface area contributed by atoms with Gasteiger partial charge in [-0.1, -0.05) is 0 Å². The van der Waals surface area contributed by atoms with Crippen LogP contribution in [0.2, 0.25) is 0 Å². The van der Waals surface area contributed by atoms with Crippen molar-refractivity contribution in [1.82, 2.24) is 9.62 Å². The van der Waals surface area contributed by atoms with Crippen molar-refractivity contribution in [3.05, 3.63) is 24.3 Å². The molecule has 0 saturated heterocycles. The molecule has 0 saturated carbocycles. The average Bonchev–Trinajstić information content (AvgIpc) is 2.60. The zero-order valence-electron chi connectivity index (χ0n) is 15.8. The average molecular weight is 399 g/mol. The maximum atomic E-state index is 12.3.